The fraction of sp³-hybridized carbons (Fsp3) is 0.148. The summed E-state index contributed by atoms with van der Waals surface area (Å²) >= 11 is 0. The van der Waals surface area contributed by atoms with Gasteiger partial charge in [0.25, 0.3) is 0 Å². The lowest BCUT2D eigenvalue weighted by atomic mass is 9.92. The predicted octanol–water partition coefficient (Wildman–Crippen LogP) is 5.44. The van der Waals surface area contributed by atoms with E-state index in [0.717, 1.165) is 42.6 Å². The van der Waals surface area contributed by atoms with E-state index in [1.165, 1.54) is 26.9 Å². The molecule has 1 aliphatic heterocycles. The molecule has 1 unspecified atom stereocenters. The third kappa shape index (κ3) is 3.96. The second-order valence-electron chi connectivity index (χ2n) is 7.70. The average Bonchev–Trinajstić information content (AvgIpc) is 2.84. The Kier molecular flexibility index (Phi) is 5.48. The van der Waals surface area contributed by atoms with Gasteiger partial charge in [-0.1, -0.05) is 72.8 Å². The number of morpholine rings is 1. The van der Waals surface area contributed by atoms with Crippen LogP contribution in [-0.2, 0) is 4.74 Å². The molecule has 1 fully saturated rings. The van der Waals surface area contributed by atoms with Crippen molar-refractivity contribution >= 4 is 44.3 Å². The maximum atomic E-state index is 11.2. The van der Waals surface area contributed by atoms with Crippen molar-refractivity contribution in [1.29, 1.82) is 0 Å². The standard InChI is InChI=1S/C17H10O.C10H14N2O/c18-10-14-7-6-13-5-4-11-2-1-3-12-8-9-15(14)17(13)16(11)12;1-2-4-9(5-3-1)12-10-8-11-6-7-13-10/h1-10H;1-5,10-12H,6-8H2. The molecule has 31 heavy (non-hydrogen) atoms. The zero-order valence-electron chi connectivity index (χ0n) is 17.2. The van der Waals surface area contributed by atoms with Crippen molar-refractivity contribution in [2.24, 2.45) is 0 Å². The zero-order chi connectivity index (χ0) is 21.0. The van der Waals surface area contributed by atoms with Crippen molar-refractivity contribution in [1.82, 2.24) is 5.32 Å². The molecule has 4 nitrogen and oxygen atoms in total. The summed E-state index contributed by atoms with van der Waals surface area (Å²) in [6.07, 6.45) is 1.04. The van der Waals surface area contributed by atoms with Crippen LogP contribution in [0.25, 0.3) is 32.3 Å². The maximum Gasteiger partial charge on any atom is 0.150 e. The fourth-order valence-electron chi connectivity index (χ4n) is 4.24. The third-order valence-corrected chi connectivity index (χ3v) is 5.72. The Labute approximate surface area is 181 Å². The largest absolute Gasteiger partial charge is 0.359 e. The summed E-state index contributed by atoms with van der Waals surface area (Å²) in [5.74, 6) is 0. The van der Waals surface area contributed by atoms with Gasteiger partial charge in [-0.25, -0.2) is 0 Å². The molecule has 1 atom stereocenters. The molecular weight excluding hydrogens is 384 g/mol. The molecule has 1 heterocycles. The van der Waals surface area contributed by atoms with E-state index >= 15 is 0 Å². The summed E-state index contributed by atoms with van der Waals surface area (Å²) in [6.45, 7) is 2.60. The summed E-state index contributed by atoms with van der Waals surface area (Å²) in [7, 11) is 0. The Hall–Kier alpha value is -3.47. The first-order valence-corrected chi connectivity index (χ1v) is 10.6. The number of hydrogen-bond acceptors (Lipinski definition) is 4. The van der Waals surface area contributed by atoms with E-state index < -0.39 is 0 Å². The Morgan fingerprint density at radius 2 is 1.52 bits per heavy atom. The number of nitrogens with one attached hydrogen (secondary N) is 2. The van der Waals surface area contributed by atoms with Gasteiger partial charge in [0.05, 0.1) is 6.61 Å². The Morgan fingerprint density at radius 3 is 2.23 bits per heavy atom. The van der Waals surface area contributed by atoms with E-state index in [0.29, 0.717) is 0 Å². The molecule has 5 aromatic rings. The lowest BCUT2D eigenvalue weighted by molar-refractivity contribution is 0.0468. The molecule has 0 aromatic heterocycles. The van der Waals surface area contributed by atoms with E-state index in [-0.39, 0.29) is 6.23 Å². The summed E-state index contributed by atoms with van der Waals surface area (Å²) in [5, 5.41) is 13.7. The lowest BCUT2D eigenvalue weighted by Gasteiger charge is -2.25. The van der Waals surface area contributed by atoms with Crippen molar-refractivity contribution in [3.63, 3.8) is 0 Å². The molecule has 0 spiro atoms. The SMILES string of the molecule is O=Cc1ccc2ccc3cccc4ccc1c2c34.c1ccc(NC2CNCCO2)cc1. The number of para-hydroxylation sites is 1. The second-order valence-corrected chi connectivity index (χ2v) is 7.70. The van der Waals surface area contributed by atoms with Crippen LogP contribution in [0.2, 0.25) is 0 Å². The lowest BCUT2D eigenvalue weighted by Crippen LogP contribution is -2.42. The smallest absolute Gasteiger partial charge is 0.150 e. The molecule has 0 bridgehead atoms. The summed E-state index contributed by atoms with van der Waals surface area (Å²) in [5.41, 5.74) is 1.87. The number of anilines is 1. The molecule has 4 heteroatoms. The molecule has 5 aromatic carbocycles. The molecule has 6 rings (SSSR count). The monoisotopic (exact) mass is 408 g/mol. The average molecular weight is 409 g/mol. The van der Waals surface area contributed by atoms with Crippen LogP contribution in [0.15, 0.2) is 84.9 Å². The van der Waals surface area contributed by atoms with Crippen LogP contribution in [0.1, 0.15) is 10.4 Å². The van der Waals surface area contributed by atoms with Gasteiger partial charge in [0, 0.05) is 24.3 Å². The Morgan fingerprint density at radius 1 is 0.806 bits per heavy atom. The van der Waals surface area contributed by atoms with Crippen LogP contribution in [-0.4, -0.2) is 32.2 Å². The van der Waals surface area contributed by atoms with E-state index in [4.69, 9.17) is 4.74 Å². The summed E-state index contributed by atoms with van der Waals surface area (Å²) in [4.78, 5) is 11.2. The van der Waals surface area contributed by atoms with Crippen molar-refractivity contribution in [3.05, 3.63) is 90.5 Å². The number of aldehydes is 1. The first-order valence-electron chi connectivity index (χ1n) is 10.6. The van der Waals surface area contributed by atoms with Crippen molar-refractivity contribution in [3.8, 4) is 0 Å². The third-order valence-electron chi connectivity index (χ3n) is 5.72. The van der Waals surface area contributed by atoms with Crippen molar-refractivity contribution in [2.45, 2.75) is 6.23 Å². The highest BCUT2D eigenvalue weighted by molar-refractivity contribution is 6.25. The van der Waals surface area contributed by atoms with E-state index in [1.807, 2.05) is 48.5 Å². The van der Waals surface area contributed by atoms with Crippen LogP contribution < -0.4 is 10.6 Å². The molecule has 154 valence electrons. The number of rotatable bonds is 3. The Bertz CT molecular complexity index is 1300. The van der Waals surface area contributed by atoms with Gasteiger partial charge in [0.1, 0.15) is 6.23 Å². The van der Waals surface area contributed by atoms with Crippen LogP contribution in [0.3, 0.4) is 0 Å². The molecule has 0 radical (unpaired) electrons. The first kappa shape index (κ1) is 19.5. The molecule has 1 saturated heterocycles. The number of carbonyl (C=O) groups is 1. The maximum absolute atomic E-state index is 11.2. The topological polar surface area (TPSA) is 50.4 Å². The highest BCUT2D eigenvalue weighted by atomic mass is 16.5. The molecule has 0 amide bonds. The van der Waals surface area contributed by atoms with Gasteiger partial charge in [0.15, 0.2) is 6.29 Å². The summed E-state index contributed by atoms with van der Waals surface area (Å²) in [6, 6.07) is 28.8. The first-order chi connectivity index (χ1) is 15.3. The van der Waals surface area contributed by atoms with Gasteiger partial charge in [0.2, 0.25) is 0 Å². The van der Waals surface area contributed by atoms with Crippen LogP contribution >= 0.6 is 0 Å². The summed E-state index contributed by atoms with van der Waals surface area (Å²) < 4.78 is 5.51. The molecule has 1 aliphatic rings. The van der Waals surface area contributed by atoms with E-state index in [2.05, 4.69) is 47.0 Å². The van der Waals surface area contributed by atoms with Gasteiger partial charge < -0.3 is 15.4 Å². The van der Waals surface area contributed by atoms with Gasteiger partial charge in [-0.2, -0.15) is 0 Å². The number of hydrogen-bond donors (Lipinski definition) is 2. The van der Waals surface area contributed by atoms with Gasteiger partial charge in [-0.15, -0.1) is 0 Å². The highest BCUT2D eigenvalue weighted by Gasteiger charge is 2.12. The van der Waals surface area contributed by atoms with E-state index in [1.54, 1.807) is 0 Å². The molecular formula is C27H24N2O2. The fourth-order valence-corrected chi connectivity index (χ4v) is 4.24. The quantitative estimate of drug-likeness (QED) is 0.308. The van der Waals surface area contributed by atoms with Crippen molar-refractivity contribution in [2.75, 3.05) is 25.0 Å². The van der Waals surface area contributed by atoms with Crippen LogP contribution in [0, 0.1) is 0 Å². The van der Waals surface area contributed by atoms with Gasteiger partial charge in [-0.05, 0) is 44.5 Å². The van der Waals surface area contributed by atoms with Crippen LogP contribution in [0.4, 0.5) is 5.69 Å². The van der Waals surface area contributed by atoms with Gasteiger partial charge >= 0.3 is 0 Å². The second kappa shape index (κ2) is 8.72. The number of ether oxygens (including phenoxy) is 1. The highest BCUT2D eigenvalue weighted by Crippen LogP contribution is 2.35. The number of benzene rings is 5. The number of carbonyl (C=O) groups excluding carboxylic acids is 1. The predicted molar refractivity (Wildman–Crippen MR) is 128 cm³/mol. The minimum atomic E-state index is 0.108. The Balaban J connectivity index is 0.000000140. The van der Waals surface area contributed by atoms with Crippen LogP contribution in [0.5, 0.6) is 0 Å². The van der Waals surface area contributed by atoms with Crippen molar-refractivity contribution < 1.29 is 9.53 Å². The molecule has 0 aliphatic carbocycles. The molecule has 0 saturated carbocycles. The zero-order valence-corrected chi connectivity index (χ0v) is 17.2. The van der Waals surface area contributed by atoms with E-state index in [9.17, 15) is 4.79 Å². The minimum absolute atomic E-state index is 0.108. The normalized spacial score (nSPS) is 16.2. The van der Waals surface area contributed by atoms with Gasteiger partial charge in [-0.3, -0.25) is 4.79 Å². The minimum Gasteiger partial charge on any atom is -0.359 e. The molecule has 2 N–H and O–H groups in total.